The summed E-state index contributed by atoms with van der Waals surface area (Å²) < 4.78 is 5.04. The number of allylic oxidation sites excluding steroid dienone is 1. The largest absolute Gasteiger partial charge is 0.461 e. The molecule has 0 radical (unpaired) electrons. The molecular weight excluding hydrogens is 152 g/mol. The summed E-state index contributed by atoms with van der Waals surface area (Å²) >= 11 is 0. The summed E-state index contributed by atoms with van der Waals surface area (Å²) in [4.78, 5) is 11.4. The van der Waals surface area contributed by atoms with E-state index in [4.69, 9.17) is 4.42 Å². The number of furan rings is 1. The van der Waals surface area contributed by atoms with E-state index in [1.54, 1.807) is 6.07 Å². The third-order valence-corrected chi connectivity index (χ3v) is 1.58. The molecule has 1 heterocycles. The Morgan fingerprint density at radius 1 is 1.67 bits per heavy atom. The van der Waals surface area contributed by atoms with Crippen molar-refractivity contribution >= 4 is 5.78 Å². The normalized spacial score (nSPS) is 9.83. The average molecular weight is 164 g/mol. The van der Waals surface area contributed by atoms with E-state index in [0.717, 1.165) is 11.1 Å². The number of Topliss-reactive ketones (excluding diaryl/α,β-unsaturated/α-hetero) is 1. The predicted molar refractivity (Wildman–Crippen MR) is 47.2 cm³/mol. The quantitative estimate of drug-likeness (QED) is 0.508. The summed E-state index contributed by atoms with van der Waals surface area (Å²) in [6.45, 7) is 7.36. The van der Waals surface area contributed by atoms with Crippen molar-refractivity contribution in [2.75, 3.05) is 0 Å². The molecule has 2 nitrogen and oxygen atoms in total. The van der Waals surface area contributed by atoms with Crippen molar-refractivity contribution in [3.8, 4) is 0 Å². The van der Waals surface area contributed by atoms with Gasteiger partial charge in [0.15, 0.2) is 5.76 Å². The van der Waals surface area contributed by atoms with Crippen LogP contribution in [0.15, 0.2) is 28.9 Å². The molecule has 2 heteroatoms. The molecule has 0 saturated heterocycles. The molecule has 0 bridgehead atoms. The van der Waals surface area contributed by atoms with Gasteiger partial charge in [0.05, 0.1) is 6.26 Å². The van der Waals surface area contributed by atoms with Crippen LogP contribution in [0.4, 0.5) is 0 Å². The molecule has 12 heavy (non-hydrogen) atoms. The Morgan fingerprint density at radius 3 is 2.75 bits per heavy atom. The minimum absolute atomic E-state index is 0.00463. The van der Waals surface area contributed by atoms with Crippen LogP contribution in [0.1, 0.15) is 29.5 Å². The predicted octanol–water partition coefficient (Wildman–Crippen LogP) is 2.74. The number of hydrogen-bond acceptors (Lipinski definition) is 2. The van der Waals surface area contributed by atoms with Gasteiger partial charge in [-0.15, -0.1) is 0 Å². The fourth-order valence-corrected chi connectivity index (χ4v) is 1.01. The molecule has 0 aliphatic rings. The number of ketones is 1. The molecule has 0 amide bonds. The van der Waals surface area contributed by atoms with Gasteiger partial charge in [-0.05, 0) is 25.5 Å². The number of rotatable bonds is 3. The number of hydrogen-bond donors (Lipinski definition) is 0. The van der Waals surface area contributed by atoms with E-state index in [1.807, 2.05) is 13.8 Å². The summed E-state index contributed by atoms with van der Waals surface area (Å²) in [6.07, 6.45) is 1.90. The molecule has 0 atom stereocenters. The second kappa shape index (κ2) is 3.39. The van der Waals surface area contributed by atoms with E-state index in [2.05, 4.69) is 6.58 Å². The zero-order chi connectivity index (χ0) is 9.14. The highest BCUT2D eigenvalue weighted by molar-refractivity contribution is 5.96. The second-order valence-electron chi connectivity index (χ2n) is 2.99. The first-order valence-electron chi connectivity index (χ1n) is 3.83. The van der Waals surface area contributed by atoms with Crippen LogP contribution in [0, 0.1) is 6.92 Å². The zero-order valence-electron chi connectivity index (χ0n) is 7.39. The van der Waals surface area contributed by atoms with Crippen molar-refractivity contribution in [1.29, 1.82) is 0 Å². The van der Waals surface area contributed by atoms with Crippen LogP contribution in [0.2, 0.25) is 0 Å². The maximum atomic E-state index is 11.4. The maximum absolute atomic E-state index is 11.4. The minimum Gasteiger partial charge on any atom is -0.461 e. The van der Waals surface area contributed by atoms with Crippen molar-refractivity contribution in [2.24, 2.45) is 0 Å². The lowest BCUT2D eigenvalue weighted by atomic mass is 10.1. The van der Waals surface area contributed by atoms with Gasteiger partial charge in [-0.25, -0.2) is 0 Å². The summed E-state index contributed by atoms with van der Waals surface area (Å²) in [5.74, 6) is 0.461. The van der Waals surface area contributed by atoms with E-state index in [-0.39, 0.29) is 5.78 Å². The first-order chi connectivity index (χ1) is 5.61. The summed E-state index contributed by atoms with van der Waals surface area (Å²) in [6, 6.07) is 1.78. The highest BCUT2D eigenvalue weighted by atomic mass is 16.3. The molecule has 1 aromatic heterocycles. The molecule has 0 aliphatic carbocycles. The third kappa shape index (κ3) is 1.84. The van der Waals surface area contributed by atoms with Crippen molar-refractivity contribution in [3.05, 3.63) is 35.8 Å². The molecule has 0 spiro atoms. The summed E-state index contributed by atoms with van der Waals surface area (Å²) in [5.41, 5.74) is 1.75. The molecule has 0 unspecified atom stereocenters. The molecule has 0 aliphatic heterocycles. The van der Waals surface area contributed by atoms with E-state index >= 15 is 0 Å². The number of carbonyl (C=O) groups excluding carboxylic acids is 1. The fourth-order valence-electron chi connectivity index (χ4n) is 1.01. The fraction of sp³-hybridized carbons (Fsp3) is 0.300. The lowest BCUT2D eigenvalue weighted by Gasteiger charge is -1.96. The van der Waals surface area contributed by atoms with Crippen LogP contribution in [0.3, 0.4) is 0 Å². The lowest BCUT2D eigenvalue weighted by Crippen LogP contribution is -1.98. The Labute approximate surface area is 71.9 Å². The van der Waals surface area contributed by atoms with Crippen LogP contribution >= 0.6 is 0 Å². The van der Waals surface area contributed by atoms with Gasteiger partial charge < -0.3 is 4.42 Å². The van der Waals surface area contributed by atoms with Gasteiger partial charge in [-0.3, -0.25) is 4.79 Å². The monoisotopic (exact) mass is 164 g/mol. The van der Waals surface area contributed by atoms with Crippen molar-refractivity contribution < 1.29 is 9.21 Å². The smallest absolute Gasteiger partial charge is 0.202 e. The van der Waals surface area contributed by atoms with E-state index in [9.17, 15) is 4.79 Å². The first kappa shape index (κ1) is 8.78. The molecule has 0 saturated carbocycles. The Balaban J connectivity index is 2.78. The third-order valence-electron chi connectivity index (χ3n) is 1.58. The van der Waals surface area contributed by atoms with Gasteiger partial charge in [-0.2, -0.15) is 0 Å². The van der Waals surface area contributed by atoms with E-state index in [0.29, 0.717) is 12.2 Å². The SMILES string of the molecule is C=C(C)CC(=O)c1occc1C. The van der Waals surface area contributed by atoms with Crippen LogP contribution in [-0.2, 0) is 0 Å². The van der Waals surface area contributed by atoms with E-state index < -0.39 is 0 Å². The standard InChI is InChI=1S/C10H12O2/c1-7(2)6-9(11)10-8(3)4-5-12-10/h4-5H,1,6H2,2-3H3. The van der Waals surface area contributed by atoms with Gasteiger partial charge in [0.1, 0.15) is 0 Å². The van der Waals surface area contributed by atoms with Crippen molar-refractivity contribution in [3.63, 3.8) is 0 Å². The van der Waals surface area contributed by atoms with Crippen LogP contribution in [0.5, 0.6) is 0 Å². The van der Waals surface area contributed by atoms with Gasteiger partial charge in [0.25, 0.3) is 0 Å². The van der Waals surface area contributed by atoms with Gasteiger partial charge in [-0.1, -0.05) is 12.2 Å². The average Bonchev–Trinajstić information content (AvgIpc) is 2.33. The Kier molecular flexibility index (Phi) is 2.48. The topological polar surface area (TPSA) is 30.2 Å². The second-order valence-corrected chi connectivity index (χ2v) is 2.99. The van der Waals surface area contributed by atoms with E-state index in [1.165, 1.54) is 6.26 Å². The molecule has 64 valence electrons. The number of aryl methyl sites for hydroxylation is 1. The molecule has 0 N–H and O–H groups in total. The lowest BCUT2D eigenvalue weighted by molar-refractivity contribution is 0.0966. The summed E-state index contributed by atoms with van der Waals surface area (Å²) in [7, 11) is 0. The first-order valence-corrected chi connectivity index (χ1v) is 3.83. The van der Waals surface area contributed by atoms with Gasteiger partial charge in [0.2, 0.25) is 5.78 Å². The molecule has 1 aromatic rings. The molecule has 0 fully saturated rings. The zero-order valence-corrected chi connectivity index (χ0v) is 7.39. The molecule has 0 aromatic carbocycles. The maximum Gasteiger partial charge on any atom is 0.202 e. The Morgan fingerprint density at radius 2 is 2.33 bits per heavy atom. The van der Waals surface area contributed by atoms with Crippen LogP contribution in [-0.4, -0.2) is 5.78 Å². The highest BCUT2D eigenvalue weighted by Crippen LogP contribution is 2.13. The highest BCUT2D eigenvalue weighted by Gasteiger charge is 2.11. The Bertz CT molecular complexity index is 307. The molecule has 1 rings (SSSR count). The van der Waals surface area contributed by atoms with Crippen molar-refractivity contribution in [2.45, 2.75) is 20.3 Å². The van der Waals surface area contributed by atoms with Crippen LogP contribution < -0.4 is 0 Å². The van der Waals surface area contributed by atoms with Crippen LogP contribution in [0.25, 0.3) is 0 Å². The minimum atomic E-state index is 0.00463. The van der Waals surface area contributed by atoms with Gasteiger partial charge in [0, 0.05) is 6.42 Å². The Hall–Kier alpha value is -1.31. The molecular formula is C10H12O2. The number of carbonyl (C=O) groups is 1. The summed E-state index contributed by atoms with van der Waals surface area (Å²) in [5, 5.41) is 0. The van der Waals surface area contributed by atoms with Crippen molar-refractivity contribution in [1.82, 2.24) is 0 Å². The van der Waals surface area contributed by atoms with Gasteiger partial charge >= 0.3 is 0 Å².